The summed E-state index contributed by atoms with van der Waals surface area (Å²) in [6, 6.07) is 19.0. The highest BCUT2D eigenvalue weighted by Gasteiger charge is 2.30. The van der Waals surface area contributed by atoms with Gasteiger partial charge in [0.1, 0.15) is 5.75 Å². The van der Waals surface area contributed by atoms with Gasteiger partial charge >= 0.3 is 0 Å². The van der Waals surface area contributed by atoms with Crippen molar-refractivity contribution < 1.29 is 4.74 Å². The number of para-hydroxylation sites is 1. The molecule has 0 bridgehead atoms. The first kappa shape index (κ1) is 17.9. The van der Waals surface area contributed by atoms with Crippen LogP contribution in [0.2, 0.25) is 0 Å². The Kier molecular flexibility index (Phi) is 4.74. The molecule has 5 heteroatoms. The smallest absolute Gasteiger partial charge is 0.119 e. The number of hydrogen-bond acceptors (Lipinski definition) is 4. The van der Waals surface area contributed by atoms with Crippen molar-refractivity contribution >= 4 is 10.9 Å². The molecule has 0 unspecified atom stereocenters. The molecule has 0 radical (unpaired) electrons. The predicted octanol–water partition coefficient (Wildman–Crippen LogP) is 4.97. The molecule has 1 N–H and O–H groups in total. The number of nitrogens with one attached hydrogen (secondary N) is 1. The summed E-state index contributed by atoms with van der Waals surface area (Å²) in [5.74, 6) is 0.862. The van der Waals surface area contributed by atoms with Gasteiger partial charge in [0.05, 0.1) is 30.6 Å². The normalized spacial score (nSPS) is 17.1. The molecule has 29 heavy (non-hydrogen) atoms. The van der Waals surface area contributed by atoms with Gasteiger partial charge in [0.15, 0.2) is 0 Å². The van der Waals surface area contributed by atoms with Gasteiger partial charge in [-0.3, -0.25) is 15.0 Å². The van der Waals surface area contributed by atoms with Crippen LogP contribution >= 0.6 is 0 Å². The van der Waals surface area contributed by atoms with Crippen LogP contribution in [-0.2, 0) is 6.54 Å². The van der Waals surface area contributed by atoms with E-state index in [1.165, 1.54) is 23.1 Å². The number of methoxy groups -OCH3 is 1. The SMILES string of the molecule is COc1cccc(-c2cn[nH]c2[C@H]2CCCN2Cc2ccnc3ccccc23)c1. The minimum Gasteiger partial charge on any atom is -0.497 e. The monoisotopic (exact) mass is 384 g/mol. The summed E-state index contributed by atoms with van der Waals surface area (Å²) < 4.78 is 5.41. The molecule has 0 amide bonds. The van der Waals surface area contributed by atoms with Crippen molar-refractivity contribution in [3.63, 3.8) is 0 Å². The Balaban J connectivity index is 1.47. The number of rotatable bonds is 5. The maximum Gasteiger partial charge on any atom is 0.119 e. The largest absolute Gasteiger partial charge is 0.497 e. The summed E-state index contributed by atoms with van der Waals surface area (Å²) in [7, 11) is 1.70. The van der Waals surface area contributed by atoms with Crippen molar-refractivity contribution in [1.82, 2.24) is 20.1 Å². The molecular formula is C24H24N4O. The highest BCUT2D eigenvalue weighted by molar-refractivity contribution is 5.81. The number of likely N-dealkylation sites (tertiary alicyclic amines) is 1. The van der Waals surface area contributed by atoms with E-state index in [0.29, 0.717) is 6.04 Å². The quantitative estimate of drug-likeness (QED) is 0.528. The molecule has 0 aliphatic carbocycles. The molecule has 5 nitrogen and oxygen atoms in total. The lowest BCUT2D eigenvalue weighted by molar-refractivity contribution is 0.245. The first-order valence-electron chi connectivity index (χ1n) is 10.1. The van der Waals surface area contributed by atoms with Crippen LogP contribution in [0.1, 0.15) is 30.1 Å². The van der Waals surface area contributed by atoms with E-state index in [1.54, 1.807) is 7.11 Å². The lowest BCUT2D eigenvalue weighted by Crippen LogP contribution is -2.23. The maximum atomic E-state index is 5.41. The molecule has 1 aliphatic rings. The third kappa shape index (κ3) is 3.38. The minimum atomic E-state index is 0.325. The fourth-order valence-corrected chi connectivity index (χ4v) is 4.42. The topological polar surface area (TPSA) is 54.0 Å². The van der Waals surface area contributed by atoms with E-state index in [0.717, 1.165) is 41.9 Å². The molecule has 146 valence electrons. The molecule has 1 saturated heterocycles. The van der Waals surface area contributed by atoms with Crippen molar-refractivity contribution in [3.8, 4) is 16.9 Å². The lowest BCUT2D eigenvalue weighted by Gasteiger charge is -2.25. The standard InChI is InChI=1S/C24H24N4O/c1-29-19-7-4-6-17(14-19)21-15-26-27-24(21)23-10-5-13-28(23)16-18-11-12-25-22-9-3-2-8-20(18)22/h2-4,6-9,11-12,14-15,23H,5,10,13,16H2,1H3,(H,26,27)/t23-/m1/s1. The second-order valence-corrected chi connectivity index (χ2v) is 7.55. The molecule has 5 rings (SSSR count). The fraction of sp³-hybridized carbons (Fsp3) is 0.250. The Morgan fingerprint density at radius 1 is 1.14 bits per heavy atom. The zero-order valence-corrected chi connectivity index (χ0v) is 16.5. The highest BCUT2D eigenvalue weighted by atomic mass is 16.5. The summed E-state index contributed by atoms with van der Waals surface area (Å²) in [4.78, 5) is 7.06. The van der Waals surface area contributed by atoms with Crippen LogP contribution in [0.15, 0.2) is 67.0 Å². The number of H-pyrrole nitrogens is 1. The Morgan fingerprint density at radius 2 is 2.07 bits per heavy atom. The second kappa shape index (κ2) is 7.68. The predicted molar refractivity (Wildman–Crippen MR) is 115 cm³/mol. The molecule has 3 heterocycles. The molecule has 0 spiro atoms. The summed E-state index contributed by atoms with van der Waals surface area (Å²) in [6.45, 7) is 1.99. The fourth-order valence-electron chi connectivity index (χ4n) is 4.42. The minimum absolute atomic E-state index is 0.325. The van der Waals surface area contributed by atoms with Gasteiger partial charge in [0.2, 0.25) is 0 Å². The highest BCUT2D eigenvalue weighted by Crippen LogP contribution is 2.38. The van der Waals surface area contributed by atoms with Gasteiger partial charge in [-0.05, 0) is 54.8 Å². The van der Waals surface area contributed by atoms with Crippen LogP contribution in [0.4, 0.5) is 0 Å². The molecule has 2 aromatic carbocycles. The summed E-state index contributed by atoms with van der Waals surface area (Å²) >= 11 is 0. The average molecular weight is 384 g/mol. The Hall–Kier alpha value is -3.18. The van der Waals surface area contributed by atoms with Gasteiger partial charge in [-0.25, -0.2) is 0 Å². The van der Waals surface area contributed by atoms with E-state index in [-0.39, 0.29) is 0 Å². The second-order valence-electron chi connectivity index (χ2n) is 7.55. The van der Waals surface area contributed by atoms with Crippen LogP contribution < -0.4 is 4.74 Å². The van der Waals surface area contributed by atoms with E-state index in [2.05, 4.69) is 56.5 Å². The van der Waals surface area contributed by atoms with Crippen molar-refractivity contribution in [3.05, 3.63) is 78.2 Å². The molecule has 2 aromatic heterocycles. The Labute approximate surface area is 170 Å². The zero-order valence-electron chi connectivity index (χ0n) is 16.5. The van der Waals surface area contributed by atoms with Gasteiger partial charge in [0, 0.05) is 23.7 Å². The maximum absolute atomic E-state index is 5.41. The summed E-state index contributed by atoms with van der Waals surface area (Å²) in [5.41, 5.74) is 5.85. The van der Waals surface area contributed by atoms with E-state index < -0.39 is 0 Å². The van der Waals surface area contributed by atoms with Crippen molar-refractivity contribution in [2.45, 2.75) is 25.4 Å². The van der Waals surface area contributed by atoms with Crippen LogP contribution in [0, 0.1) is 0 Å². The van der Waals surface area contributed by atoms with Crippen LogP contribution in [0.25, 0.3) is 22.0 Å². The molecule has 1 aliphatic heterocycles. The zero-order chi connectivity index (χ0) is 19.6. The molecule has 0 saturated carbocycles. The van der Waals surface area contributed by atoms with E-state index in [1.807, 2.05) is 30.6 Å². The third-order valence-corrected chi connectivity index (χ3v) is 5.86. The van der Waals surface area contributed by atoms with Crippen LogP contribution in [0.3, 0.4) is 0 Å². The Bertz CT molecular complexity index is 1130. The Morgan fingerprint density at radius 3 is 3.00 bits per heavy atom. The summed E-state index contributed by atoms with van der Waals surface area (Å²) in [6.07, 6.45) is 6.16. The molecule has 4 aromatic rings. The van der Waals surface area contributed by atoms with Gasteiger partial charge in [-0.15, -0.1) is 0 Å². The van der Waals surface area contributed by atoms with Gasteiger partial charge < -0.3 is 4.74 Å². The lowest BCUT2D eigenvalue weighted by atomic mass is 10.00. The number of benzene rings is 2. The molecular weight excluding hydrogens is 360 g/mol. The molecule has 1 fully saturated rings. The average Bonchev–Trinajstić information content (AvgIpc) is 3.43. The molecule has 1 atom stereocenters. The first-order chi connectivity index (χ1) is 14.3. The number of aromatic amines is 1. The van der Waals surface area contributed by atoms with Crippen LogP contribution in [-0.4, -0.2) is 33.7 Å². The van der Waals surface area contributed by atoms with E-state index in [4.69, 9.17) is 4.74 Å². The number of fused-ring (bicyclic) bond motifs is 1. The van der Waals surface area contributed by atoms with Crippen LogP contribution in [0.5, 0.6) is 5.75 Å². The van der Waals surface area contributed by atoms with Crippen molar-refractivity contribution in [2.24, 2.45) is 0 Å². The van der Waals surface area contributed by atoms with Gasteiger partial charge in [0.25, 0.3) is 0 Å². The van der Waals surface area contributed by atoms with Gasteiger partial charge in [-0.1, -0.05) is 30.3 Å². The summed E-state index contributed by atoms with van der Waals surface area (Å²) in [5, 5.41) is 8.91. The number of ether oxygens (including phenoxy) is 1. The number of pyridine rings is 1. The number of aromatic nitrogens is 3. The third-order valence-electron chi connectivity index (χ3n) is 5.86. The number of hydrogen-bond donors (Lipinski definition) is 1. The van der Waals surface area contributed by atoms with E-state index in [9.17, 15) is 0 Å². The van der Waals surface area contributed by atoms with Gasteiger partial charge in [-0.2, -0.15) is 5.10 Å². The van der Waals surface area contributed by atoms with Crippen molar-refractivity contribution in [2.75, 3.05) is 13.7 Å². The number of nitrogens with zero attached hydrogens (tertiary/aromatic N) is 3. The van der Waals surface area contributed by atoms with Crippen molar-refractivity contribution in [1.29, 1.82) is 0 Å². The first-order valence-corrected chi connectivity index (χ1v) is 10.1. The van der Waals surface area contributed by atoms with E-state index >= 15 is 0 Å².